The first kappa shape index (κ1) is 21.0. The Morgan fingerprint density at radius 2 is 1.79 bits per heavy atom. The molecule has 0 fully saturated rings. The van der Waals surface area contributed by atoms with Crippen molar-refractivity contribution in [2.24, 2.45) is 0 Å². The Morgan fingerprint density at radius 3 is 2.48 bits per heavy atom. The Hall–Kier alpha value is -2.74. The lowest BCUT2D eigenvalue weighted by molar-refractivity contribution is -0.120. The minimum atomic E-state index is -3.64. The predicted octanol–water partition coefficient (Wildman–Crippen LogP) is 2.53. The highest BCUT2D eigenvalue weighted by atomic mass is 32.2. The van der Waals surface area contributed by atoms with E-state index in [0.29, 0.717) is 23.8 Å². The lowest BCUT2D eigenvalue weighted by Crippen LogP contribution is -2.45. The molecule has 29 heavy (non-hydrogen) atoms. The molecule has 1 N–H and O–H groups in total. The molecule has 0 spiro atoms. The Bertz CT molecular complexity index is 975. The fraction of sp³-hybridized carbons (Fsp3) is 0.381. The molecule has 0 aromatic heterocycles. The number of nitrogens with one attached hydrogen (secondary N) is 1. The van der Waals surface area contributed by atoms with E-state index in [1.54, 1.807) is 18.2 Å². The van der Waals surface area contributed by atoms with Crippen molar-refractivity contribution in [2.45, 2.75) is 25.9 Å². The van der Waals surface area contributed by atoms with Crippen LogP contribution in [0.2, 0.25) is 0 Å². The lowest BCUT2D eigenvalue weighted by atomic mass is 10.0. The summed E-state index contributed by atoms with van der Waals surface area (Å²) in [5.74, 6) is 1.01. The van der Waals surface area contributed by atoms with Gasteiger partial charge in [-0.3, -0.25) is 9.10 Å². The largest absolute Gasteiger partial charge is 0.486 e. The second-order valence-corrected chi connectivity index (χ2v) is 9.19. The van der Waals surface area contributed by atoms with Crippen LogP contribution in [0.3, 0.4) is 0 Å². The number of carbonyl (C=O) groups excluding carboxylic acids is 1. The number of amides is 1. The van der Waals surface area contributed by atoms with Crippen LogP contribution in [0.15, 0.2) is 48.5 Å². The highest BCUT2D eigenvalue weighted by Gasteiger charge is 2.25. The van der Waals surface area contributed by atoms with Gasteiger partial charge in [0.2, 0.25) is 15.9 Å². The van der Waals surface area contributed by atoms with Crippen molar-refractivity contribution >= 4 is 21.6 Å². The highest BCUT2D eigenvalue weighted by molar-refractivity contribution is 7.92. The molecule has 2 aromatic carbocycles. The third-order valence-electron chi connectivity index (χ3n) is 4.61. The van der Waals surface area contributed by atoms with Gasteiger partial charge in [-0.05, 0) is 29.7 Å². The van der Waals surface area contributed by atoms with E-state index in [9.17, 15) is 13.2 Å². The topological polar surface area (TPSA) is 84.9 Å². The van der Waals surface area contributed by atoms with Crippen LogP contribution in [0.5, 0.6) is 11.5 Å². The van der Waals surface area contributed by atoms with Gasteiger partial charge < -0.3 is 14.8 Å². The van der Waals surface area contributed by atoms with Gasteiger partial charge in [0.05, 0.1) is 18.5 Å². The molecule has 3 rings (SSSR count). The molecule has 0 radical (unpaired) electrons. The molecule has 0 aliphatic carbocycles. The predicted molar refractivity (Wildman–Crippen MR) is 112 cm³/mol. The van der Waals surface area contributed by atoms with E-state index >= 15 is 0 Å². The molecule has 1 aliphatic heterocycles. The van der Waals surface area contributed by atoms with E-state index in [2.05, 4.69) is 5.32 Å². The van der Waals surface area contributed by atoms with Crippen molar-refractivity contribution in [2.75, 3.05) is 30.3 Å². The fourth-order valence-electron chi connectivity index (χ4n) is 3.16. The number of anilines is 1. The van der Waals surface area contributed by atoms with Crippen molar-refractivity contribution in [1.29, 1.82) is 0 Å². The zero-order valence-electron chi connectivity index (χ0n) is 16.8. The molecular weight excluding hydrogens is 392 g/mol. The van der Waals surface area contributed by atoms with E-state index in [1.807, 2.05) is 44.2 Å². The summed E-state index contributed by atoms with van der Waals surface area (Å²) in [4.78, 5) is 12.5. The van der Waals surface area contributed by atoms with Crippen molar-refractivity contribution in [3.8, 4) is 11.5 Å². The van der Waals surface area contributed by atoms with E-state index < -0.39 is 15.9 Å². The molecule has 0 saturated heterocycles. The summed E-state index contributed by atoms with van der Waals surface area (Å²) < 4.78 is 37.4. The Morgan fingerprint density at radius 1 is 1.14 bits per heavy atom. The van der Waals surface area contributed by atoms with Crippen molar-refractivity contribution < 1.29 is 22.7 Å². The zero-order valence-corrected chi connectivity index (χ0v) is 17.6. The molecule has 1 amide bonds. The van der Waals surface area contributed by atoms with E-state index in [-0.39, 0.29) is 25.1 Å². The number of hydrogen-bond donors (Lipinski definition) is 1. The number of benzene rings is 2. The zero-order chi connectivity index (χ0) is 21.0. The average molecular weight is 419 g/mol. The van der Waals surface area contributed by atoms with E-state index in [1.165, 1.54) is 0 Å². The maximum Gasteiger partial charge on any atom is 0.240 e. The summed E-state index contributed by atoms with van der Waals surface area (Å²) in [6.45, 7) is 4.20. The van der Waals surface area contributed by atoms with Crippen LogP contribution in [-0.2, 0) is 14.8 Å². The molecule has 7 nitrogen and oxygen atoms in total. The number of para-hydroxylation sites is 3. The molecule has 2 aromatic rings. The molecule has 1 heterocycles. The van der Waals surface area contributed by atoms with Crippen LogP contribution >= 0.6 is 0 Å². The minimum absolute atomic E-state index is 0.117. The van der Waals surface area contributed by atoms with Gasteiger partial charge >= 0.3 is 0 Å². The second-order valence-electron chi connectivity index (χ2n) is 7.28. The summed E-state index contributed by atoms with van der Waals surface area (Å²) in [7, 11) is -3.64. The van der Waals surface area contributed by atoms with Gasteiger partial charge in [0, 0.05) is 0 Å². The Labute approximate surface area is 171 Å². The first-order valence-electron chi connectivity index (χ1n) is 9.47. The number of hydrogen-bond acceptors (Lipinski definition) is 5. The summed E-state index contributed by atoms with van der Waals surface area (Å²) in [5.41, 5.74) is 1.39. The van der Waals surface area contributed by atoms with Crippen molar-refractivity contribution in [3.63, 3.8) is 0 Å². The van der Waals surface area contributed by atoms with Crippen LogP contribution < -0.4 is 19.1 Å². The smallest absolute Gasteiger partial charge is 0.240 e. The quantitative estimate of drug-likeness (QED) is 0.747. The number of ether oxygens (including phenoxy) is 2. The minimum Gasteiger partial charge on any atom is -0.486 e. The lowest BCUT2D eigenvalue weighted by Gasteiger charge is -2.28. The van der Waals surface area contributed by atoms with E-state index in [4.69, 9.17) is 9.47 Å². The number of fused-ring (bicyclic) bond motifs is 1. The van der Waals surface area contributed by atoms with E-state index in [0.717, 1.165) is 16.1 Å². The molecule has 0 saturated carbocycles. The average Bonchev–Trinajstić information content (AvgIpc) is 2.69. The van der Waals surface area contributed by atoms with Gasteiger partial charge in [-0.15, -0.1) is 0 Å². The Kier molecular flexibility index (Phi) is 6.32. The van der Waals surface area contributed by atoms with Gasteiger partial charge in [-0.1, -0.05) is 44.2 Å². The second kappa shape index (κ2) is 8.73. The van der Waals surface area contributed by atoms with Crippen LogP contribution in [0.4, 0.5) is 5.69 Å². The number of rotatable bonds is 7. The van der Waals surface area contributed by atoms with Gasteiger partial charge in [-0.25, -0.2) is 8.42 Å². The van der Waals surface area contributed by atoms with Crippen LogP contribution in [-0.4, -0.2) is 46.4 Å². The molecule has 1 unspecified atom stereocenters. The maximum atomic E-state index is 12.5. The third kappa shape index (κ3) is 5.20. The van der Waals surface area contributed by atoms with Crippen molar-refractivity contribution in [1.82, 2.24) is 5.32 Å². The highest BCUT2D eigenvalue weighted by Crippen LogP contribution is 2.31. The molecule has 8 heteroatoms. The number of sulfonamides is 1. The number of carbonyl (C=O) groups is 1. The fourth-order valence-corrected chi connectivity index (χ4v) is 4.04. The SMILES string of the molecule is CC(C)c1ccccc1N(CC(=O)NCC1COc2ccccc2O1)S(C)(=O)=O. The van der Waals surface area contributed by atoms with Crippen LogP contribution in [0, 0.1) is 0 Å². The van der Waals surface area contributed by atoms with Crippen LogP contribution in [0.25, 0.3) is 0 Å². The van der Waals surface area contributed by atoms with Gasteiger partial charge in [0.15, 0.2) is 11.5 Å². The third-order valence-corrected chi connectivity index (χ3v) is 5.74. The molecule has 156 valence electrons. The normalized spacial score (nSPS) is 15.8. The van der Waals surface area contributed by atoms with Gasteiger partial charge in [0.1, 0.15) is 19.3 Å². The summed E-state index contributed by atoms with van der Waals surface area (Å²) in [5, 5.41) is 2.75. The number of nitrogens with zero attached hydrogens (tertiary/aromatic N) is 1. The van der Waals surface area contributed by atoms with Crippen LogP contribution in [0.1, 0.15) is 25.3 Å². The van der Waals surface area contributed by atoms with Gasteiger partial charge in [0.25, 0.3) is 0 Å². The summed E-state index contributed by atoms with van der Waals surface area (Å²) >= 11 is 0. The standard InChI is InChI=1S/C21H26N2O5S/c1-15(2)17-8-4-5-9-18(17)23(29(3,25)26)13-21(24)22-12-16-14-27-19-10-6-7-11-20(19)28-16/h4-11,15-16H,12-14H2,1-3H3,(H,22,24). The molecule has 1 atom stereocenters. The maximum absolute atomic E-state index is 12.5. The molecule has 1 aliphatic rings. The van der Waals surface area contributed by atoms with Crippen molar-refractivity contribution in [3.05, 3.63) is 54.1 Å². The first-order chi connectivity index (χ1) is 13.8. The summed E-state index contributed by atoms with van der Waals surface area (Å²) in [6, 6.07) is 14.6. The Balaban J connectivity index is 1.66. The molecule has 0 bridgehead atoms. The monoisotopic (exact) mass is 418 g/mol. The molecular formula is C21H26N2O5S. The van der Waals surface area contributed by atoms with Gasteiger partial charge in [-0.2, -0.15) is 0 Å². The first-order valence-corrected chi connectivity index (χ1v) is 11.3. The summed E-state index contributed by atoms with van der Waals surface area (Å²) in [6.07, 6.45) is 0.760.